The van der Waals surface area contributed by atoms with Crippen LogP contribution in [0.2, 0.25) is 0 Å². The fourth-order valence-corrected chi connectivity index (χ4v) is 3.88. The molecular formula is C18H25NO. The Hall–Kier alpha value is -1.02. The van der Waals surface area contributed by atoms with Crippen LogP contribution in [0.3, 0.4) is 0 Å². The zero-order valence-corrected chi connectivity index (χ0v) is 12.4. The lowest BCUT2D eigenvalue weighted by Crippen LogP contribution is -2.24. The van der Waals surface area contributed by atoms with E-state index in [2.05, 4.69) is 23.1 Å². The standard InChI is InChI=1S/C18H25NO/c1-2-11-19(10-1)12-9-18(7-8-18)16-6-5-15-4-3-13-20-17(15)14-16/h5-6,14H,1-4,7-13H2. The van der Waals surface area contributed by atoms with Crippen molar-refractivity contribution in [3.63, 3.8) is 0 Å². The first kappa shape index (κ1) is 12.7. The quantitative estimate of drug-likeness (QED) is 0.830. The number of aryl methyl sites for hydroxylation is 1. The topological polar surface area (TPSA) is 12.5 Å². The summed E-state index contributed by atoms with van der Waals surface area (Å²) in [5.74, 6) is 1.17. The van der Waals surface area contributed by atoms with E-state index in [0.29, 0.717) is 5.41 Å². The first-order valence-electron chi connectivity index (χ1n) is 8.34. The third kappa shape index (κ3) is 2.35. The summed E-state index contributed by atoms with van der Waals surface area (Å²) in [7, 11) is 0. The van der Waals surface area contributed by atoms with Crippen molar-refractivity contribution in [2.24, 2.45) is 0 Å². The highest BCUT2D eigenvalue weighted by atomic mass is 16.5. The van der Waals surface area contributed by atoms with E-state index in [1.54, 1.807) is 0 Å². The molecule has 2 aliphatic heterocycles. The SMILES string of the molecule is c1cc2c(cc1C1(CCN3CCCC3)CC1)OCCC2. The van der Waals surface area contributed by atoms with Crippen LogP contribution in [-0.2, 0) is 11.8 Å². The Labute approximate surface area is 122 Å². The predicted octanol–water partition coefficient (Wildman–Crippen LogP) is 3.53. The molecule has 0 amide bonds. The molecule has 0 spiro atoms. The molecule has 2 nitrogen and oxygen atoms in total. The molecule has 2 fully saturated rings. The van der Waals surface area contributed by atoms with Crippen molar-refractivity contribution in [2.75, 3.05) is 26.2 Å². The average Bonchev–Trinajstić information content (AvgIpc) is 3.11. The highest BCUT2D eigenvalue weighted by Gasteiger charge is 2.44. The molecule has 0 radical (unpaired) electrons. The van der Waals surface area contributed by atoms with Gasteiger partial charge in [0.1, 0.15) is 5.75 Å². The lowest BCUT2D eigenvalue weighted by molar-refractivity contribution is 0.287. The van der Waals surface area contributed by atoms with Gasteiger partial charge in [0, 0.05) is 0 Å². The molecular weight excluding hydrogens is 246 g/mol. The normalized spacial score (nSPS) is 24.2. The number of benzene rings is 1. The van der Waals surface area contributed by atoms with E-state index in [1.807, 2.05) is 0 Å². The van der Waals surface area contributed by atoms with Gasteiger partial charge >= 0.3 is 0 Å². The van der Waals surface area contributed by atoms with E-state index in [-0.39, 0.29) is 0 Å². The first-order chi connectivity index (χ1) is 9.86. The molecule has 0 aromatic heterocycles. The molecule has 1 aromatic rings. The fraction of sp³-hybridized carbons (Fsp3) is 0.667. The smallest absolute Gasteiger partial charge is 0.122 e. The largest absolute Gasteiger partial charge is 0.493 e. The second-order valence-corrected chi connectivity index (χ2v) is 6.85. The highest BCUT2D eigenvalue weighted by Crippen LogP contribution is 2.52. The molecule has 1 aromatic carbocycles. The number of hydrogen-bond donors (Lipinski definition) is 0. The molecule has 1 saturated heterocycles. The second-order valence-electron chi connectivity index (χ2n) is 6.85. The van der Waals surface area contributed by atoms with Gasteiger partial charge in [-0.15, -0.1) is 0 Å². The van der Waals surface area contributed by atoms with Gasteiger partial charge in [-0.1, -0.05) is 12.1 Å². The third-order valence-electron chi connectivity index (χ3n) is 5.49. The van der Waals surface area contributed by atoms with E-state index < -0.39 is 0 Å². The maximum atomic E-state index is 5.85. The Balaban J connectivity index is 1.48. The van der Waals surface area contributed by atoms with Crippen molar-refractivity contribution in [2.45, 2.75) is 50.4 Å². The maximum Gasteiger partial charge on any atom is 0.122 e. The Bertz CT molecular complexity index is 486. The number of likely N-dealkylation sites (tertiary alicyclic amines) is 1. The first-order valence-corrected chi connectivity index (χ1v) is 8.34. The van der Waals surface area contributed by atoms with E-state index in [0.717, 1.165) is 6.61 Å². The van der Waals surface area contributed by atoms with Gasteiger partial charge < -0.3 is 9.64 Å². The molecule has 20 heavy (non-hydrogen) atoms. The van der Waals surface area contributed by atoms with Crippen LogP contribution in [0.5, 0.6) is 5.75 Å². The summed E-state index contributed by atoms with van der Waals surface area (Å²) in [6, 6.07) is 7.05. The molecule has 0 atom stereocenters. The summed E-state index contributed by atoms with van der Waals surface area (Å²) < 4.78 is 5.85. The van der Waals surface area contributed by atoms with Crippen LogP contribution in [-0.4, -0.2) is 31.1 Å². The van der Waals surface area contributed by atoms with E-state index in [4.69, 9.17) is 4.74 Å². The van der Waals surface area contributed by atoms with Crippen molar-refractivity contribution >= 4 is 0 Å². The minimum Gasteiger partial charge on any atom is -0.493 e. The molecule has 0 N–H and O–H groups in total. The summed E-state index contributed by atoms with van der Waals surface area (Å²) in [6.07, 6.45) is 9.26. The average molecular weight is 271 g/mol. The highest BCUT2D eigenvalue weighted by molar-refractivity contribution is 5.43. The van der Waals surface area contributed by atoms with E-state index in [9.17, 15) is 0 Å². The molecule has 4 rings (SSSR count). The summed E-state index contributed by atoms with van der Waals surface area (Å²) in [5, 5.41) is 0. The predicted molar refractivity (Wildman–Crippen MR) is 81.5 cm³/mol. The Morgan fingerprint density at radius 2 is 1.95 bits per heavy atom. The lowest BCUT2D eigenvalue weighted by Gasteiger charge is -2.23. The Morgan fingerprint density at radius 1 is 1.10 bits per heavy atom. The number of rotatable bonds is 4. The van der Waals surface area contributed by atoms with Gasteiger partial charge in [-0.25, -0.2) is 0 Å². The molecule has 0 bridgehead atoms. The van der Waals surface area contributed by atoms with Gasteiger partial charge in [0.2, 0.25) is 0 Å². The minimum atomic E-state index is 0.485. The molecule has 1 aliphatic carbocycles. The van der Waals surface area contributed by atoms with Crippen LogP contribution in [0.15, 0.2) is 18.2 Å². The molecule has 3 aliphatic rings. The van der Waals surface area contributed by atoms with Gasteiger partial charge in [0.05, 0.1) is 6.61 Å². The molecule has 1 saturated carbocycles. The summed E-state index contributed by atoms with van der Waals surface area (Å²) in [4.78, 5) is 2.65. The van der Waals surface area contributed by atoms with Crippen LogP contribution in [0.25, 0.3) is 0 Å². The molecule has 108 valence electrons. The summed E-state index contributed by atoms with van der Waals surface area (Å²) >= 11 is 0. The summed E-state index contributed by atoms with van der Waals surface area (Å²) in [5.41, 5.74) is 3.44. The second kappa shape index (κ2) is 5.07. The third-order valence-corrected chi connectivity index (χ3v) is 5.49. The number of hydrogen-bond acceptors (Lipinski definition) is 2. The number of ether oxygens (including phenoxy) is 1. The van der Waals surface area contributed by atoms with Gasteiger partial charge in [-0.2, -0.15) is 0 Å². The van der Waals surface area contributed by atoms with Crippen molar-refractivity contribution in [1.29, 1.82) is 0 Å². The monoisotopic (exact) mass is 271 g/mol. The van der Waals surface area contributed by atoms with Crippen molar-refractivity contribution in [3.05, 3.63) is 29.3 Å². The molecule has 2 heterocycles. The lowest BCUT2D eigenvalue weighted by atomic mass is 9.90. The fourth-order valence-electron chi connectivity index (χ4n) is 3.88. The number of nitrogens with zero attached hydrogens (tertiary/aromatic N) is 1. The van der Waals surface area contributed by atoms with Crippen LogP contribution in [0.1, 0.15) is 49.7 Å². The Morgan fingerprint density at radius 3 is 2.75 bits per heavy atom. The van der Waals surface area contributed by atoms with Crippen LogP contribution in [0.4, 0.5) is 0 Å². The maximum absolute atomic E-state index is 5.85. The Kier molecular flexibility index (Phi) is 3.22. The van der Waals surface area contributed by atoms with Crippen LogP contribution < -0.4 is 4.74 Å². The minimum absolute atomic E-state index is 0.485. The van der Waals surface area contributed by atoms with E-state index in [1.165, 1.54) is 81.5 Å². The van der Waals surface area contributed by atoms with Gasteiger partial charge in [0.25, 0.3) is 0 Å². The van der Waals surface area contributed by atoms with Gasteiger partial charge in [0.15, 0.2) is 0 Å². The van der Waals surface area contributed by atoms with Crippen molar-refractivity contribution < 1.29 is 4.74 Å². The van der Waals surface area contributed by atoms with E-state index >= 15 is 0 Å². The molecule has 0 unspecified atom stereocenters. The van der Waals surface area contributed by atoms with Crippen molar-refractivity contribution in [3.8, 4) is 5.75 Å². The zero-order chi connectivity index (χ0) is 13.4. The van der Waals surface area contributed by atoms with Crippen LogP contribution >= 0.6 is 0 Å². The molecule has 2 heteroatoms. The van der Waals surface area contributed by atoms with Gasteiger partial charge in [-0.3, -0.25) is 0 Å². The van der Waals surface area contributed by atoms with Crippen LogP contribution in [0, 0.1) is 0 Å². The number of fused-ring (bicyclic) bond motifs is 1. The zero-order valence-electron chi connectivity index (χ0n) is 12.4. The van der Waals surface area contributed by atoms with Crippen molar-refractivity contribution in [1.82, 2.24) is 4.90 Å². The van der Waals surface area contributed by atoms with Gasteiger partial charge in [-0.05, 0) is 87.2 Å². The summed E-state index contributed by atoms with van der Waals surface area (Å²) in [6.45, 7) is 4.84.